The van der Waals surface area contributed by atoms with Crippen molar-refractivity contribution in [2.24, 2.45) is 0 Å². The average molecular weight is 182 g/mol. The second kappa shape index (κ2) is 5.22. The van der Waals surface area contributed by atoms with Crippen molar-refractivity contribution in [3.05, 3.63) is 35.9 Å². The van der Waals surface area contributed by atoms with Gasteiger partial charge < -0.3 is 4.74 Å². The van der Waals surface area contributed by atoms with Crippen molar-refractivity contribution in [3.63, 3.8) is 0 Å². The zero-order valence-electron chi connectivity index (χ0n) is 7.23. The Kier molecular flexibility index (Phi) is 4.19. The van der Waals surface area contributed by atoms with E-state index >= 15 is 0 Å². The fourth-order valence-electron chi connectivity index (χ4n) is 0.922. The Hall–Kier alpha value is -0.470. The van der Waals surface area contributed by atoms with Crippen molar-refractivity contribution < 1.29 is 4.74 Å². The van der Waals surface area contributed by atoms with Crippen molar-refractivity contribution in [2.75, 3.05) is 6.61 Å². The first-order valence-electron chi connectivity index (χ1n) is 4.09. The standard InChI is InChI=1S/C10H14OS/c1-9(12)7-11-8-10-5-3-2-4-6-10/h2-6,9,12H,7-8H2,1H3. The lowest BCUT2D eigenvalue weighted by Gasteiger charge is -2.05. The Morgan fingerprint density at radius 3 is 2.58 bits per heavy atom. The number of rotatable bonds is 4. The maximum Gasteiger partial charge on any atom is 0.0717 e. The minimum absolute atomic E-state index is 0.314. The summed E-state index contributed by atoms with van der Waals surface area (Å²) in [6, 6.07) is 10.2. The molecule has 0 aliphatic rings. The van der Waals surface area contributed by atoms with Gasteiger partial charge in [0.25, 0.3) is 0 Å². The molecule has 0 heterocycles. The second-order valence-corrected chi connectivity index (χ2v) is 3.73. The van der Waals surface area contributed by atoms with E-state index in [1.807, 2.05) is 25.1 Å². The molecule has 0 amide bonds. The van der Waals surface area contributed by atoms with Gasteiger partial charge in [0.1, 0.15) is 0 Å². The minimum atomic E-state index is 0.314. The van der Waals surface area contributed by atoms with Crippen LogP contribution < -0.4 is 0 Å². The fourth-order valence-corrected chi connectivity index (χ4v) is 1.03. The average Bonchev–Trinajstić information content (AvgIpc) is 2.05. The van der Waals surface area contributed by atoms with Crippen LogP contribution in [-0.4, -0.2) is 11.9 Å². The lowest BCUT2D eigenvalue weighted by atomic mass is 10.2. The van der Waals surface area contributed by atoms with Crippen LogP contribution in [0.15, 0.2) is 30.3 Å². The summed E-state index contributed by atoms with van der Waals surface area (Å²) in [6.07, 6.45) is 0. The van der Waals surface area contributed by atoms with E-state index in [0.717, 1.165) is 0 Å². The quantitative estimate of drug-likeness (QED) is 0.704. The summed E-state index contributed by atoms with van der Waals surface area (Å²) >= 11 is 4.22. The molecule has 0 fully saturated rings. The van der Waals surface area contributed by atoms with Gasteiger partial charge in [-0.05, 0) is 5.56 Å². The fraction of sp³-hybridized carbons (Fsp3) is 0.400. The van der Waals surface area contributed by atoms with Crippen LogP contribution in [0.3, 0.4) is 0 Å². The van der Waals surface area contributed by atoms with Crippen LogP contribution in [0.2, 0.25) is 0 Å². The Labute approximate surface area is 79.2 Å². The highest BCUT2D eigenvalue weighted by Gasteiger charge is 1.94. The predicted octanol–water partition coefficient (Wildman–Crippen LogP) is 2.52. The van der Waals surface area contributed by atoms with E-state index in [4.69, 9.17) is 4.74 Å². The monoisotopic (exact) mass is 182 g/mol. The maximum atomic E-state index is 5.40. The molecule has 0 N–H and O–H groups in total. The first-order chi connectivity index (χ1) is 5.79. The van der Waals surface area contributed by atoms with Gasteiger partial charge in [-0.3, -0.25) is 0 Å². The highest BCUT2D eigenvalue weighted by Crippen LogP contribution is 2.02. The third kappa shape index (κ3) is 3.79. The molecule has 1 nitrogen and oxygen atoms in total. The molecule has 0 saturated carbocycles. The van der Waals surface area contributed by atoms with Crippen LogP contribution in [0.25, 0.3) is 0 Å². The Morgan fingerprint density at radius 2 is 2.00 bits per heavy atom. The molecular weight excluding hydrogens is 168 g/mol. The first-order valence-corrected chi connectivity index (χ1v) is 4.60. The van der Waals surface area contributed by atoms with Crippen LogP contribution in [-0.2, 0) is 11.3 Å². The summed E-state index contributed by atoms with van der Waals surface area (Å²) in [5.41, 5.74) is 1.21. The van der Waals surface area contributed by atoms with Crippen LogP contribution in [0.1, 0.15) is 12.5 Å². The zero-order chi connectivity index (χ0) is 8.81. The Balaban J connectivity index is 2.25. The predicted molar refractivity (Wildman–Crippen MR) is 54.5 cm³/mol. The molecule has 0 aliphatic heterocycles. The number of thiol groups is 1. The molecular formula is C10H14OS. The second-order valence-electron chi connectivity index (χ2n) is 2.85. The molecule has 12 heavy (non-hydrogen) atoms. The van der Waals surface area contributed by atoms with Gasteiger partial charge >= 0.3 is 0 Å². The van der Waals surface area contributed by atoms with Crippen molar-refractivity contribution in [1.29, 1.82) is 0 Å². The Morgan fingerprint density at radius 1 is 1.33 bits per heavy atom. The van der Waals surface area contributed by atoms with Gasteiger partial charge in [0.15, 0.2) is 0 Å². The molecule has 0 aromatic heterocycles. The molecule has 1 unspecified atom stereocenters. The molecule has 0 saturated heterocycles. The summed E-state index contributed by atoms with van der Waals surface area (Å²) in [4.78, 5) is 0. The van der Waals surface area contributed by atoms with Gasteiger partial charge in [0, 0.05) is 5.25 Å². The van der Waals surface area contributed by atoms with E-state index in [9.17, 15) is 0 Å². The number of hydrogen-bond donors (Lipinski definition) is 1. The normalized spacial score (nSPS) is 12.8. The summed E-state index contributed by atoms with van der Waals surface area (Å²) < 4.78 is 5.40. The van der Waals surface area contributed by atoms with E-state index < -0.39 is 0 Å². The van der Waals surface area contributed by atoms with Gasteiger partial charge in [-0.1, -0.05) is 37.3 Å². The molecule has 1 aromatic carbocycles. The van der Waals surface area contributed by atoms with Crippen molar-refractivity contribution in [2.45, 2.75) is 18.8 Å². The molecule has 0 bridgehead atoms. The van der Waals surface area contributed by atoms with Crippen molar-refractivity contribution >= 4 is 12.6 Å². The first kappa shape index (κ1) is 9.62. The molecule has 66 valence electrons. The minimum Gasteiger partial charge on any atom is -0.376 e. The topological polar surface area (TPSA) is 9.23 Å². The molecule has 1 aromatic rings. The van der Waals surface area contributed by atoms with Gasteiger partial charge in [-0.25, -0.2) is 0 Å². The van der Waals surface area contributed by atoms with Crippen LogP contribution in [0.4, 0.5) is 0 Å². The van der Waals surface area contributed by atoms with E-state index in [1.165, 1.54) is 5.56 Å². The lowest BCUT2D eigenvalue weighted by molar-refractivity contribution is 0.125. The van der Waals surface area contributed by atoms with E-state index in [0.29, 0.717) is 18.5 Å². The molecule has 1 atom stereocenters. The highest BCUT2D eigenvalue weighted by molar-refractivity contribution is 7.80. The molecule has 0 aliphatic carbocycles. The van der Waals surface area contributed by atoms with Crippen LogP contribution in [0, 0.1) is 0 Å². The third-order valence-corrected chi connectivity index (χ3v) is 1.62. The Bertz CT molecular complexity index is 208. The number of benzene rings is 1. The van der Waals surface area contributed by atoms with Crippen LogP contribution >= 0.6 is 12.6 Å². The van der Waals surface area contributed by atoms with Gasteiger partial charge in [0.05, 0.1) is 13.2 Å². The molecule has 0 spiro atoms. The summed E-state index contributed by atoms with van der Waals surface area (Å²) in [5, 5.41) is 0.314. The lowest BCUT2D eigenvalue weighted by Crippen LogP contribution is -2.04. The highest BCUT2D eigenvalue weighted by atomic mass is 32.1. The maximum absolute atomic E-state index is 5.40. The zero-order valence-corrected chi connectivity index (χ0v) is 8.13. The summed E-state index contributed by atoms with van der Waals surface area (Å²) in [7, 11) is 0. The summed E-state index contributed by atoms with van der Waals surface area (Å²) in [6.45, 7) is 3.41. The van der Waals surface area contributed by atoms with Gasteiger partial charge in [0.2, 0.25) is 0 Å². The molecule has 0 radical (unpaired) electrons. The van der Waals surface area contributed by atoms with E-state index in [-0.39, 0.29) is 0 Å². The molecule has 1 rings (SSSR count). The van der Waals surface area contributed by atoms with Gasteiger partial charge in [-0.2, -0.15) is 12.6 Å². The van der Waals surface area contributed by atoms with Crippen molar-refractivity contribution in [1.82, 2.24) is 0 Å². The third-order valence-electron chi connectivity index (χ3n) is 1.47. The van der Waals surface area contributed by atoms with E-state index in [1.54, 1.807) is 0 Å². The van der Waals surface area contributed by atoms with E-state index in [2.05, 4.69) is 24.8 Å². The number of hydrogen-bond acceptors (Lipinski definition) is 2. The molecule has 2 heteroatoms. The summed E-state index contributed by atoms with van der Waals surface area (Å²) in [5.74, 6) is 0. The smallest absolute Gasteiger partial charge is 0.0717 e. The van der Waals surface area contributed by atoms with Crippen LogP contribution in [0.5, 0.6) is 0 Å². The largest absolute Gasteiger partial charge is 0.376 e. The van der Waals surface area contributed by atoms with Gasteiger partial charge in [-0.15, -0.1) is 0 Å². The van der Waals surface area contributed by atoms with Crippen molar-refractivity contribution in [3.8, 4) is 0 Å². The SMILES string of the molecule is CC(S)COCc1ccccc1. The number of ether oxygens (including phenoxy) is 1.